The second-order valence-corrected chi connectivity index (χ2v) is 7.99. The SMILES string of the molecule is CCCCc1cc(=O)oc2c3c(ccc12)OCN(c1ccc([C@H](C)CC)cc1)C3. The van der Waals surface area contributed by atoms with E-state index in [-0.39, 0.29) is 5.63 Å². The molecule has 1 aromatic heterocycles. The fraction of sp³-hybridized carbons (Fsp3) is 0.400. The second-order valence-electron chi connectivity index (χ2n) is 7.99. The van der Waals surface area contributed by atoms with Crippen molar-refractivity contribution in [1.29, 1.82) is 0 Å². The predicted molar refractivity (Wildman–Crippen MR) is 118 cm³/mol. The van der Waals surface area contributed by atoms with Gasteiger partial charge in [-0.05, 0) is 60.6 Å². The Morgan fingerprint density at radius 1 is 1.10 bits per heavy atom. The lowest BCUT2D eigenvalue weighted by molar-refractivity contribution is 0.289. The summed E-state index contributed by atoms with van der Waals surface area (Å²) in [6.45, 7) is 7.77. The van der Waals surface area contributed by atoms with Crippen LogP contribution in [0.15, 0.2) is 51.7 Å². The number of hydrogen-bond acceptors (Lipinski definition) is 4. The lowest BCUT2D eigenvalue weighted by Crippen LogP contribution is -2.32. The number of rotatable bonds is 6. The maximum absolute atomic E-state index is 12.2. The lowest BCUT2D eigenvalue weighted by Gasteiger charge is -2.31. The first-order chi connectivity index (χ1) is 14.1. The Morgan fingerprint density at radius 3 is 2.62 bits per heavy atom. The van der Waals surface area contributed by atoms with Crippen LogP contribution in [0, 0.1) is 0 Å². The number of unbranched alkanes of at least 4 members (excludes halogenated alkanes) is 1. The largest absolute Gasteiger partial charge is 0.473 e. The zero-order valence-corrected chi connectivity index (χ0v) is 17.5. The summed E-state index contributed by atoms with van der Waals surface area (Å²) in [7, 11) is 0. The van der Waals surface area contributed by atoms with Gasteiger partial charge in [0, 0.05) is 17.1 Å². The highest BCUT2D eigenvalue weighted by Crippen LogP contribution is 2.35. The van der Waals surface area contributed by atoms with Crippen molar-refractivity contribution in [3.8, 4) is 5.75 Å². The average Bonchev–Trinajstić information content (AvgIpc) is 2.76. The third kappa shape index (κ3) is 3.89. The van der Waals surface area contributed by atoms with E-state index in [1.807, 2.05) is 12.1 Å². The summed E-state index contributed by atoms with van der Waals surface area (Å²) >= 11 is 0. The molecule has 0 fully saturated rings. The molecule has 0 unspecified atom stereocenters. The summed E-state index contributed by atoms with van der Waals surface area (Å²) in [5, 5.41) is 1.02. The van der Waals surface area contributed by atoms with Gasteiger partial charge in [-0.1, -0.05) is 39.3 Å². The van der Waals surface area contributed by atoms with Gasteiger partial charge < -0.3 is 14.1 Å². The van der Waals surface area contributed by atoms with Crippen molar-refractivity contribution in [3.63, 3.8) is 0 Å². The van der Waals surface area contributed by atoms with Crippen molar-refractivity contribution >= 4 is 16.7 Å². The van der Waals surface area contributed by atoms with Crippen LogP contribution in [0.25, 0.3) is 11.0 Å². The van der Waals surface area contributed by atoms with Crippen LogP contribution in [-0.4, -0.2) is 6.73 Å². The van der Waals surface area contributed by atoms with Gasteiger partial charge in [-0.15, -0.1) is 0 Å². The van der Waals surface area contributed by atoms with Crippen LogP contribution in [0.4, 0.5) is 5.69 Å². The van der Waals surface area contributed by atoms with Gasteiger partial charge in [-0.3, -0.25) is 0 Å². The number of aryl methyl sites for hydroxylation is 1. The Morgan fingerprint density at radius 2 is 1.90 bits per heavy atom. The minimum absolute atomic E-state index is 0.285. The Hall–Kier alpha value is -2.75. The Balaban J connectivity index is 1.69. The molecule has 0 saturated heterocycles. The molecule has 1 atom stereocenters. The van der Waals surface area contributed by atoms with Crippen LogP contribution in [0.3, 0.4) is 0 Å². The molecule has 2 heterocycles. The van der Waals surface area contributed by atoms with E-state index in [1.54, 1.807) is 6.07 Å². The van der Waals surface area contributed by atoms with Crippen molar-refractivity contribution < 1.29 is 9.15 Å². The monoisotopic (exact) mass is 391 g/mol. The number of ether oxygens (including phenoxy) is 1. The fourth-order valence-electron chi connectivity index (χ4n) is 3.99. The summed E-state index contributed by atoms with van der Waals surface area (Å²) in [6, 6.07) is 14.4. The Kier molecular flexibility index (Phi) is 5.61. The van der Waals surface area contributed by atoms with Gasteiger partial charge in [0.1, 0.15) is 11.3 Å². The van der Waals surface area contributed by atoms with Crippen LogP contribution in [0.5, 0.6) is 5.75 Å². The quantitative estimate of drug-likeness (QED) is 0.483. The van der Waals surface area contributed by atoms with Crippen LogP contribution in [0.1, 0.15) is 62.6 Å². The van der Waals surface area contributed by atoms with Crippen LogP contribution < -0.4 is 15.3 Å². The Bertz CT molecular complexity index is 1050. The highest BCUT2D eigenvalue weighted by atomic mass is 16.5. The van der Waals surface area contributed by atoms with Gasteiger partial charge in [-0.25, -0.2) is 4.79 Å². The molecule has 1 aliphatic rings. The molecule has 0 saturated carbocycles. The number of benzene rings is 2. The highest BCUT2D eigenvalue weighted by molar-refractivity contribution is 5.85. The minimum atomic E-state index is -0.285. The van der Waals surface area contributed by atoms with Crippen LogP contribution >= 0.6 is 0 Å². The molecule has 3 aromatic rings. The van der Waals surface area contributed by atoms with Gasteiger partial charge >= 0.3 is 5.63 Å². The van der Waals surface area contributed by atoms with Crippen LogP contribution in [-0.2, 0) is 13.0 Å². The molecule has 0 amide bonds. The van der Waals surface area contributed by atoms with Crippen LogP contribution in [0.2, 0.25) is 0 Å². The zero-order chi connectivity index (χ0) is 20.4. The van der Waals surface area contributed by atoms with Crippen molar-refractivity contribution in [2.75, 3.05) is 11.6 Å². The molecule has 0 radical (unpaired) electrons. The van der Waals surface area contributed by atoms with E-state index in [1.165, 1.54) is 5.56 Å². The van der Waals surface area contributed by atoms with Crippen molar-refractivity contribution in [1.82, 2.24) is 0 Å². The maximum Gasteiger partial charge on any atom is 0.336 e. The van der Waals surface area contributed by atoms with E-state index in [0.29, 0.717) is 24.8 Å². The summed E-state index contributed by atoms with van der Waals surface area (Å²) in [5.74, 6) is 1.36. The third-order valence-corrected chi connectivity index (χ3v) is 6.02. The molecule has 0 bridgehead atoms. The molecule has 4 heteroatoms. The number of hydrogen-bond donors (Lipinski definition) is 0. The summed E-state index contributed by atoms with van der Waals surface area (Å²) in [4.78, 5) is 14.4. The maximum atomic E-state index is 12.2. The predicted octanol–water partition coefficient (Wildman–Crippen LogP) is 6.01. The van der Waals surface area contributed by atoms with Gasteiger partial charge in [0.25, 0.3) is 0 Å². The standard InChI is InChI=1S/C25H29NO3/c1-4-6-7-19-14-24(27)29-25-21(19)12-13-23-22(25)15-26(16-28-23)20-10-8-18(9-11-20)17(3)5-2/h8-14,17H,4-7,15-16H2,1-3H3/t17-/m1/s1. The number of anilines is 1. The number of nitrogens with zero attached hydrogens (tertiary/aromatic N) is 1. The molecule has 152 valence electrons. The minimum Gasteiger partial charge on any atom is -0.473 e. The smallest absolute Gasteiger partial charge is 0.336 e. The second kappa shape index (κ2) is 8.32. The van der Waals surface area contributed by atoms with Gasteiger partial charge in [0.2, 0.25) is 0 Å². The molecule has 4 nitrogen and oxygen atoms in total. The first-order valence-electron chi connectivity index (χ1n) is 10.7. The van der Waals surface area contributed by atoms with E-state index in [4.69, 9.17) is 9.15 Å². The van der Waals surface area contributed by atoms with Crippen molar-refractivity contribution in [3.05, 3.63) is 69.6 Å². The number of fused-ring (bicyclic) bond motifs is 3. The van der Waals surface area contributed by atoms with Gasteiger partial charge in [0.15, 0.2) is 6.73 Å². The topological polar surface area (TPSA) is 42.7 Å². The van der Waals surface area contributed by atoms with E-state index < -0.39 is 0 Å². The zero-order valence-electron chi connectivity index (χ0n) is 17.5. The summed E-state index contributed by atoms with van der Waals surface area (Å²) in [6.07, 6.45) is 4.17. The van der Waals surface area contributed by atoms with Gasteiger partial charge in [0.05, 0.1) is 12.1 Å². The molecular formula is C25H29NO3. The summed E-state index contributed by atoms with van der Waals surface area (Å²) < 4.78 is 11.7. The average molecular weight is 392 g/mol. The molecule has 0 aliphatic carbocycles. The Labute approximate surface area is 172 Å². The molecule has 1 aliphatic heterocycles. The molecule has 0 N–H and O–H groups in total. The van der Waals surface area contributed by atoms with E-state index in [0.717, 1.165) is 53.6 Å². The van der Waals surface area contributed by atoms with E-state index in [2.05, 4.69) is 49.9 Å². The third-order valence-electron chi connectivity index (χ3n) is 6.02. The van der Waals surface area contributed by atoms with Gasteiger partial charge in [-0.2, -0.15) is 0 Å². The molecular weight excluding hydrogens is 362 g/mol. The summed E-state index contributed by atoms with van der Waals surface area (Å²) in [5.41, 5.74) is 4.87. The normalized spacial score (nSPS) is 14.5. The van der Waals surface area contributed by atoms with E-state index >= 15 is 0 Å². The molecule has 2 aromatic carbocycles. The fourth-order valence-corrected chi connectivity index (χ4v) is 3.99. The van der Waals surface area contributed by atoms with Crippen molar-refractivity contribution in [2.24, 2.45) is 0 Å². The highest BCUT2D eigenvalue weighted by Gasteiger charge is 2.23. The molecule has 0 spiro atoms. The first-order valence-corrected chi connectivity index (χ1v) is 10.7. The van der Waals surface area contributed by atoms with E-state index in [9.17, 15) is 4.79 Å². The molecule has 29 heavy (non-hydrogen) atoms. The molecule has 4 rings (SSSR count). The van der Waals surface area contributed by atoms with Crippen molar-refractivity contribution in [2.45, 2.75) is 58.9 Å². The first kappa shape index (κ1) is 19.6. The lowest BCUT2D eigenvalue weighted by atomic mass is 9.98.